The third-order valence-corrected chi connectivity index (χ3v) is 4.87. The van der Waals surface area contributed by atoms with Gasteiger partial charge in [0, 0.05) is 18.2 Å². The maximum absolute atomic E-state index is 12.6. The van der Waals surface area contributed by atoms with Crippen molar-refractivity contribution in [3.8, 4) is 11.5 Å². The van der Waals surface area contributed by atoms with E-state index in [0.29, 0.717) is 25.1 Å². The molecule has 1 amide bonds. The van der Waals surface area contributed by atoms with Crippen LogP contribution in [-0.2, 0) is 4.79 Å². The van der Waals surface area contributed by atoms with Crippen LogP contribution in [0.2, 0.25) is 0 Å². The highest BCUT2D eigenvalue weighted by atomic mass is 19.4. The Balaban J connectivity index is 1.67. The number of fused-ring (bicyclic) bond motifs is 5. The van der Waals surface area contributed by atoms with Gasteiger partial charge in [0.15, 0.2) is 5.75 Å². The molecule has 0 saturated carbocycles. The van der Waals surface area contributed by atoms with E-state index in [0.717, 1.165) is 17.0 Å². The van der Waals surface area contributed by atoms with Crippen LogP contribution in [0.1, 0.15) is 24.4 Å². The molecule has 136 valence electrons. The fourth-order valence-electron chi connectivity index (χ4n) is 3.69. The molecule has 2 aliphatic heterocycles. The summed E-state index contributed by atoms with van der Waals surface area (Å²) in [5.74, 6) is -0.468. The number of carbonyl (C=O) groups is 1. The van der Waals surface area contributed by atoms with Gasteiger partial charge >= 0.3 is 12.1 Å². The van der Waals surface area contributed by atoms with E-state index in [9.17, 15) is 18.0 Å². The summed E-state index contributed by atoms with van der Waals surface area (Å²) in [7, 11) is 0. The molecule has 0 radical (unpaired) electrons. The Labute approximate surface area is 148 Å². The largest absolute Gasteiger partial charge is 0.471 e. The van der Waals surface area contributed by atoms with Gasteiger partial charge in [0.05, 0.1) is 11.7 Å². The fraction of sp³-hybridized carbons (Fsp3) is 0.316. The van der Waals surface area contributed by atoms with E-state index in [2.05, 4.69) is 10.2 Å². The molecule has 4 rings (SSSR count). The van der Waals surface area contributed by atoms with Crippen molar-refractivity contribution in [1.29, 1.82) is 0 Å². The van der Waals surface area contributed by atoms with Gasteiger partial charge in [0.2, 0.25) is 0 Å². The molecular weight excluding hydrogens is 345 g/mol. The molecule has 2 aromatic rings. The van der Waals surface area contributed by atoms with Crippen molar-refractivity contribution < 1.29 is 22.7 Å². The first kappa shape index (κ1) is 16.8. The SMILES string of the molecule is O=C(N[C@H]1CCN2c3ccccc3Oc3ccccc3[C@@H]2C1)C(F)(F)F. The molecule has 0 spiro atoms. The number of hydrogen-bond donors (Lipinski definition) is 1. The molecule has 1 N–H and O–H groups in total. The number of hydrogen-bond acceptors (Lipinski definition) is 3. The Bertz CT molecular complexity index is 838. The second-order valence-electron chi connectivity index (χ2n) is 6.51. The Morgan fingerprint density at radius 2 is 1.77 bits per heavy atom. The quantitative estimate of drug-likeness (QED) is 0.827. The van der Waals surface area contributed by atoms with E-state index in [1.807, 2.05) is 48.5 Å². The Kier molecular flexibility index (Phi) is 4.01. The number of para-hydroxylation sites is 3. The van der Waals surface area contributed by atoms with Crippen LogP contribution in [0.3, 0.4) is 0 Å². The number of piperidine rings is 1. The van der Waals surface area contributed by atoms with Gasteiger partial charge in [-0.1, -0.05) is 30.3 Å². The molecule has 0 unspecified atom stereocenters. The Morgan fingerprint density at radius 1 is 1.08 bits per heavy atom. The zero-order valence-electron chi connectivity index (χ0n) is 13.8. The van der Waals surface area contributed by atoms with Crippen molar-refractivity contribution in [2.75, 3.05) is 11.4 Å². The molecule has 4 nitrogen and oxygen atoms in total. The lowest BCUT2D eigenvalue weighted by atomic mass is 9.91. The first-order valence-electron chi connectivity index (χ1n) is 8.43. The van der Waals surface area contributed by atoms with Crippen molar-refractivity contribution in [3.63, 3.8) is 0 Å². The monoisotopic (exact) mass is 362 g/mol. The molecule has 26 heavy (non-hydrogen) atoms. The summed E-state index contributed by atoms with van der Waals surface area (Å²) >= 11 is 0. The van der Waals surface area contributed by atoms with Crippen molar-refractivity contribution in [2.24, 2.45) is 0 Å². The lowest BCUT2D eigenvalue weighted by Crippen LogP contribution is -2.49. The summed E-state index contributed by atoms with van der Waals surface area (Å²) in [4.78, 5) is 13.5. The highest BCUT2D eigenvalue weighted by Crippen LogP contribution is 2.47. The van der Waals surface area contributed by atoms with Crippen molar-refractivity contribution >= 4 is 11.6 Å². The van der Waals surface area contributed by atoms with Gasteiger partial charge in [0.1, 0.15) is 5.75 Å². The number of amides is 1. The molecule has 1 saturated heterocycles. The van der Waals surface area contributed by atoms with Crippen LogP contribution in [0.15, 0.2) is 48.5 Å². The average Bonchev–Trinajstić information content (AvgIpc) is 2.75. The van der Waals surface area contributed by atoms with Crippen LogP contribution < -0.4 is 15.0 Å². The van der Waals surface area contributed by atoms with Gasteiger partial charge in [-0.15, -0.1) is 0 Å². The number of nitrogens with one attached hydrogen (secondary N) is 1. The lowest BCUT2D eigenvalue weighted by molar-refractivity contribution is -0.174. The Hall–Kier alpha value is -2.70. The number of alkyl halides is 3. The molecule has 2 aliphatic rings. The Morgan fingerprint density at radius 3 is 2.54 bits per heavy atom. The molecule has 2 atom stereocenters. The predicted octanol–water partition coefficient (Wildman–Crippen LogP) is 4.18. The normalized spacial score (nSPS) is 21.6. The van der Waals surface area contributed by atoms with E-state index in [-0.39, 0.29) is 6.04 Å². The van der Waals surface area contributed by atoms with Crippen LogP contribution in [0.4, 0.5) is 18.9 Å². The van der Waals surface area contributed by atoms with Crippen molar-refractivity contribution in [1.82, 2.24) is 5.32 Å². The maximum atomic E-state index is 12.6. The summed E-state index contributed by atoms with van der Waals surface area (Å²) in [6, 6.07) is 14.4. The topological polar surface area (TPSA) is 41.6 Å². The molecular formula is C19H17F3N2O2. The molecule has 7 heteroatoms. The van der Waals surface area contributed by atoms with E-state index in [4.69, 9.17) is 4.74 Å². The lowest BCUT2D eigenvalue weighted by Gasteiger charge is -2.40. The first-order chi connectivity index (χ1) is 12.4. The molecule has 1 fully saturated rings. The number of ether oxygens (including phenoxy) is 1. The number of rotatable bonds is 1. The van der Waals surface area contributed by atoms with E-state index in [1.54, 1.807) is 0 Å². The average molecular weight is 362 g/mol. The first-order valence-corrected chi connectivity index (χ1v) is 8.43. The molecule has 0 bridgehead atoms. The smallest absolute Gasteiger partial charge is 0.455 e. The van der Waals surface area contributed by atoms with E-state index < -0.39 is 18.1 Å². The summed E-state index contributed by atoms with van der Waals surface area (Å²) in [5.41, 5.74) is 1.82. The van der Waals surface area contributed by atoms with E-state index >= 15 is 0 Å². The molecule has 2 aromatic carbocycles. The summed E-state index contributed by atoms with van der Waals surface area (Å²) in [6.07, 6.45) is -4.04. The minimum absolute atomic E-state index is 0.165. The second kappa shape index (κ2) is 6.23. The maximum Gasteiger partial charge on any atom is 0.471 e. The number of carbonyl (C=O) groups excluding carboxylic acids is 1. The third-order valence-electron chi connectivity index (χ3n) is 4.87. The second-order valence-corrected chi connectivity index (χ2v) is 6.51. The van der Waals surface area contributed by atoms with Crippen molar-refractivity contribution in [2.45, 2.75) is 31.1 Å². The number of anilines is 1. The molecule has 0 aliphatic carbocycles. The number of benzene rings is 2. The van der Waals surface area contributed by atoms with Gasteiger partial charge in [-0.05, 0) is 31.0 Å². The van der Waals surface area contributed by atoms with Crippen molar-refractivity contribution in [3.05, 3.63) is 54.1 Å². The van der Waals surface area contributed by atoms with Gasteiger partial charge in [-0.2, -0.15) is 13.2 Å². The summed E-state index contributed by atoms with van der Waals surface area (Å²) < 4.78 is 43.8. The van der Waals surface area contributed by atoms with E-state index in [1.165, 1.54) is 0 Å². The van der Waals surface area contributed by atoms with Gasteiger partial charge in [0.25, 0.3) is 0 Å². The highest BCUT2D eigenvalue weighted by Gasteiger charge is 2.42. The standard InChI is InChI=1S/C19H17F3N2O2/c20-19(21,22)18(25)23-12-9-10-24-14-6-2-4-8-17(14)26-16-7-3-1-5-13(16)15(24)11-12/h1-8,12,15H,9-11H2,(H,23,25)/t12-,15-/m0/s1. The van der Waals surface area contributed by atoms with Crippen LogP contribution in [-0.4, -0.2) is 24.7 Å². The zero-order chi connectivity index (χ0) is 18.3. The van der Waals surface area contributed by atoms with Gasteiger partial charge in [-0.25, -0.2) is 0 Å². The number of halogens is 3. The van der Waals surface area contributed by atoms with Crippen LogP contribution in [0, 0.1) is 0 Å². The predicted molar refractivity (Wildman–Crippen MR) is 90.3 cm³/mol. The van der Waals surface area contributed by atoms with Crippen LogP contribution in [0.25, 0.3) is 0 Å². The molecule has 2 heterocycles. The van der Waals surface area contributed by atoms with Gasteiger partial charge in [-0.3, -0.25) is 4.79 Å². The summed E-state index contributed by atoms with van der Waals surface area (Å²) in [6.45, 7) is 0.530. The molecule has 0 aromatic heterocycles. The van der Waals surface area contributed by atoms with Crippen LogP contribution in [0.5, 0.6) is 11.5 Å². The van der Waals surface area contributed by atoms with Crippen LogP contribution >= 0.6 is 0 Å². The highest BCUT2D eigenvalue weighted by molar-refractivity contribution is 5.82. The minimum atomic E-state index is -4.87. The summed E-state index contributed by atoms with van der Waals surface area (Å²) in [5, 5.41) is 2.14. The fourth-order valence-corrected chi connectivity index (χ4v) is 3.69. The zero-order valence-corrected chi connectivity index (χ0v) is 13.8. The third kappa shape index (κ3) is 2.98. The van der Waals surface area contributed by atoms with Gasteiger partial charge < -0.3 is 15.0 Å². The minimum Gasteiger partial charge on any atom is -0.455 e. The number of nitrogens with zero attached hydrogens (tertiary/aromatic N) is 1.